The lowest BCUT2D eigenvalue weighted by atomic mass is 10.1. The number of nitrogens with two attached hydrogens (primary N) is 1. The van der Waals surface area contributed by atoms with Crippen LogP contribution in [0, 0.1) is 5.82 Å². The molecule has 0 bridgehead atoms. The van der Waals surface area contributed by atoms with E-state index in [1.54, 1.807) is 24.3 Å². The summed E-state index contributed by atoms with van der Waals surface area (Å²) in [6.07, 6.45) is 1.52. The van der Waals surface area contributed by atoms with Gasteiger partial charge in [-0.25, -0.2) is 4.39 Å². The number of benzene rings is 1. The van der Waals surface area contributed by atoms with Gasteiger partial charge in [0, 0.05) is 10.0 Å². The molecule has 0 aliphatic rings. The lowest BCUT2D eigenvalue weighted by Crippen LogP contribution is -2.12. The molecular weight excluding hydrogens is 261 g/mol. The standard InChI is InChI=1S/C11H9BrFNO/c12-7-3-4-9(13)8(6-7)11(14)10-2-1-5-15-10/h1-6,11H,14H2. The molecule has 0 radical (unpaired) electrons. The van der Waals surface area contributed by atoms with Crippen LogP contribution in [0.2, 0.25) is 0 Å². The number of hydrogen-bond acceptors (Lipinski definition) is 2. The Labute approximate surface area is 95.0 Å². The third kappa shape index (κ3) is 2.11. The summed E-state index contributed by atoms with van der Waals surface area (Å²) in [6.45, 7) is 0. The highest BCUT2D eigenvalue weighted by Gasteiger charge is 2.15. The van der Waals surface area contributed by atoms with E-state index in [4.69, 9.17) is 10.2 Å². The smallest absolute Gasteiger partial charge is 0.128 e. The predicted octanol–water partition coefficient (Wildman–Crippen LogP) is 3.23. The Morgan fingerprint density at radius 2 is 2.13 bits per heavy atom. The van der Waals surface area contributed by atoms with Crippen molar-refractivity contribution in [2.24, 2.45) is 5.73 Å². The molecule has 2 rings (SSSR count). The highest BCUT2D eigenvalue weighted by Crippen LogP contribution is 2.25. The van der Waals surface area contributed by atoms with Gasteiger partial charge in [0.2, 0.25) is 0 Å². The third-order valence-corrected chi connectivity index (χ3v) is 2.64. The lowest BCUT2D eigenvalue weighted by Gasteiger charge is -2.10. The molecule has 1 heterocycles. The Hall–Kier alpha value is -1.13. The summed E-state index contributed by atoms with van der Waals surface area (Å²) in [7, 11) is 0. The van der Waals surface area contributed by atoms with Gasteiger partial charge < -0.3 is 10.2 Å². The Kier molecular flexibility index (Phi) is 2.88. The maximum Gasteiger partial charge on any atom is 0.128 e. The molecule has 2 aromatic rings. The van der Waals surface area contributed by atoms with Crippen LogP contribution in [0.15, 0.2) is 45.5 Å². The molecule has 1 atom stereocenters. The second-order valence-electron chi connectivity index (χ2n) is 3.16. The molecule has 0 saturated heterocycles. The SMILES string of the molecule is NC(c1ccco1)c1cc(Br)ccc1F. The predicted molar refractivity (Wildman–Crippen MR) is 58.8 cm³/mol. The van der Waals surface area contributed by atoms with Gasteiger partial charge in [-0.15, -0.1) is 0 Å². The minimum atomic E-state index is -0.572. The molecule has 1 aromatic carbocycles. The Morgan fingerprint density at radius 3 is 2.80 bits per heavy atom. The monoisotopic (exact) mass is 269 g/mol. The summed E-state index contributed by atoms with van der Waals surface area (Å²) in [6, 6.07) is 7.55. The molecule has 2 N–H and O–H groups in total. The zero-order valence-electron chi connectivity index (χ0n) is 7.78. The molecule has 1 unspecified atom stereocenters. The average Bonchev–Trinajstić information content (AvgIpc) is 2.74. The van der Waals surface area contributed by atoms with Gasteiger partial charge in [-0.3, -0.25) is 0 Å². The number of halogens is 2. The van der Waals surface area contributed by atoms with E-state index in [2.05, 4.69) is 15.9 Å². The van der Waals surface area contributed by atoms with Crippen molar-refractivity contribution in [1.29, 1.82) is 0 Å². The van der Waals surface area contributed by atoms with E-state index in [9.17, 15) is 4.39 Å². The fourth-order valence-electron chi connectivity index (χ4n) is 1.37. The van der Waals surface area contributed by atoms with Gasteiger partial charge >= 0.3 is 0 Å². The summed E-state index contributed by atoms with van der Waals surface area (Å²) in [5.74, 6) is 0.217. The van der Waals surface area contributed by atoms with Gasteiger partial charge in [0.1, 0.15) is 11.6 Å². The van der Waals surface area contributed by atoms with Crippen molar-refractivity contribution < 1.29 is 8.81 Å². The molecule has 15 heavy (non-hydrogen) atoms. The van der Waals surface area contributed by atoms with Crippen molar-refractivity contribution in [3.05, 3.63) is 58.2 Å². The summed E-state index contributed by atoms with van der Waals surface area (Å²) >= 11 is 3.28. The summed E-state index contributed by atoms with van der Waals surface area (Å²) in [5.41, 5.74) is 6.29. The topological polar surface area (TPSA) is 39.2 Å². The van der Waals surface area contributed by atoms with Gasteiger partial charge in [0.25, 0.3) is 0 Å². The molecule has 4 heteroatoms. The fraction of sp³-hybridized carbons (Fsp3) is 0.0909. The van der Waals surface area contributed by atoms with E-state index >= 15 is 0 Å². The van der Waals surface area contributed by atoms with E-state index < -0.39 is 6.04 Å². The van der Waals surface area contributed by atoms with Crippen molar-refractivity contribution in [2.45, 2.75) is 6.04 Å². The summed E-state index contributed by atoms with van der Waals surface area (Å²) in [5, 5.41) is 0. The molecule has 0 aliphatic heterocycles. The van der Waals surface area contributed by atoms with Crippen molar-refractivity contribution >= 4 is 15.9 Å². The van der Waals surface area contributed by atoms with Crippen molar-refractivity contribution in [3.63, 3.8) is 0 Å². The first-order chi connectivity index (χ1) is 7.18. The second kappa shape index (κ2) is 4.16. The first-order valence-electron chi connectivity index (χ1n) is 4.42. The van der Waals surface area contributed by atoms with Crippen LogP contribution in [0.1, 0.15) is 17.4 Å². The Bertz CT molecular complexity index is 456. The molecule has 0 amide bonds. The highest BCUT2D eigenvalue weighted by atomic mass is 79.9. The maximum atomic E-state index is 13.5. The molecule has 0 saturated carbocycles. The van der Waals surface area contributed by atoms with Crippen molar-refractivity contribution in [2.75, 3.05) is 0 Å². The number of rotatable bonds is 2. The molecule has 0 fully saturated rings. The molecular formula is C11H9BrFNO. The van der Waals surface area contributed by atoms with Gasteiger partial charge in [-0.2, -0.15) is 0 Å². The molecule has 0 aliphatic carbocycles. The van der Waals surface area contributed by atoms with Gasteiger partial charge in [-0.05, 0) is 30.3 Å². The fourth-order valence-corrected chi connectivity index (χ4v) is 1.75. The Balaban J connectivity index is 2.41. The van der Waals surface area contributed by atoms with Crippen LogP contribution in [0.3, 0.4) is 0 Å². The van der Waals surface area contributed by atoms with E-state index in [0.717, 1.165) is 4.47 Å². The average molecular weight is 270 g/mol. The van der Waals surface area contributed by atoms with Gasteiger partial charge in [0.15, 0.2) is 0 Å². The van der Waals surface area contributed by atoms with E-state index in [1.807, 2.05) is 0 Å². The Morgan fingerprint density at radius 1 is 1.33 bits per heavy atom. The van der Waals surface area contributed by atoms with Crippen LogP contribution in [0.25, 0.3) is 0 Å². The number of hydrogen-bond donors (Lipinski definition) is 1. The van der Waals surface area contributed by atoms with Crippen LogP contribution in [0.5, 0.6) is 0 Å². The highest BCUT2D eigenvalue weighted by molar-refractivity contribution is 9.10. The molecule has 78 valence electrons. The van der Waals surface area contributed by atoms with Crippen LogP contribution in [0.4, 0.5) is 4.39 Å². The lowest BCUT2D eigenvalue weighted by molar-refractivity contribution is 0.480. The first kappa shape index (κ1) is 10.4. The minimum absolute atomic E-state index is 0.331. The normalized spacial score (nSPS) is 12.7. The zero-order valence-corrected chi connectivity index (χ0v) is 9.37. The summed E-state index contributed by atoms with van der Waals surface area (Å²) in [4.78, 5) is 0. The molecule has 2 nitrogen and oxygen atoms in total. The van der Waals surface area contributed by atoms with Crippen LogP contribution >= 0.6 is 15.9 Å². The van der Waals surface area contributed by atoms with Crippen LogP contribution in [-0.2, 0) is 0 Å². The van der Waals surface area contributed by atoms with Crippen LogP contribution < -0.4 is 5.73 Å². The largest absolute Gasteiger partial charge is 0.467 e. The van der Waals surface area contributed by atoms with E-state index in [1.165, 1.54) is 12.3 Å². The second-order valence-corrected chi connectivity index (χ2v) is 4.07. The van der Waals surface area contributed by atoms with Gasteiger partial charge in [0.05, 0.1) is 12.3 Å². The van der Waals surface area contributed by atoms with E-state index in [-0.39, 0.29) is 5.82 Å². The third-order valence-electron chi connectivity index (χ3n) is 2.14. The van der Waals surface area contributed by atoms with Crippen molar-refractivity contribution in [3.8, 4) is 0 Å². The zero-order chi connectivity index (χ0) is 10.8. The number of furan rings is 1. The van der Waals surface area contributed by atoms with E-state index in [0.29, 0.717) is 11.3 Å². The van der Waals surface area contributed by atoms with Crippen molar-refractivity contribution in [1.82, 2.24) is 0 Å². The quantitative estimate of drug-likeness (QED) is 0.909. The van der Waals surface area contributed by atoms with Gasteiger partial charge in [-0.1, -0.05) is 15.9 Å². The maximum absolute atomic E-state index is 13.5. The molecule has 1 aromatic heterocycles. The first-order valence-corrected chi connectivity index (χ1v) is 5.21. The molecule has 0 spiro atoms. The summed E-state index contributed by atoms with van der Waals surface area (Å²) < 4.78 is 19.4. The van der Waals surface area contributed by atoms with Crippen LogP contribution in [-0.4, -0.2) is 0 Å². The minimum Gasteiger partial charge on any atom is -0.467 e.